The van der Waals surface area contributed by atoms with Crippen LogP contribution in [0.4, 0.5) is 0 Å². The Morgan fingerprint density at radius 2 is 2.10 bits per heavy atom. The topological polar surface area (TPSA) is 81.1 Å². The van der Waals surface area contributed by atoms with Crippen molar-refractivity contribution in [3.05, 3.63) is 59.7 Å². The number of hydrogen-bond donors (Lipinski definition) is 2. The summed E-state index contributed by atoms with van der Waals surface area (Å²) in [6.07, 6.45) is 6.06. The van der Waals surface area contributed by atoms with Crippen LogP contribution in [0.3, 0.4) is 0 Å². The zero-order valence-electron chi connectivity index (χ0n) is 12.0. The molecule has 2 rings (SSSR count). The number of carboxylic acid groups (broad SMARTS) is 1. The van der Waals surface area contributed by atoms with Gasteiger partial charge in [-0.2, -0.15) is 0 Å². The van der Waals surface area contributed by atoms with Crippen molar-refractivity contribution in [2.75, 3.05) is 6.54 Å². The van der Waals surface area contributed by atoms with Crippen molar-refractivity contribution in [1.82, 2.24) is 9.55 Å². The number of aryl methyl sites for hydroxylation is 1. The van der Waals surface area contributed by atoms with Gasteiger partial charge in [-0.1, -0.05) is 23.8 Å². The second kappa shape index (κ2) is 6.85. The molecule has 0 atom stereocenters. The molecule has 2 aromatic rings. The number of carboxylic acids is 1. The van der Waals surface area contributed by atoms with Gasteiger partial charge in [-0.25, -0.2) is 9.78 Å². The standard InChI is InChI=1S/C16H19N3O2/c1-12-4-6-15(7-5-12)19-10-14(18-11-19)9-13(16(20)21)3-2-8-17/h3-7,10-11H,2,8-9,17H2,1H3,(H,20,21)/b13-3-. The second-order valence-corrected chi connectivity index (χ2v) is 4.90. The van der Waals surface area contributed by atoms with Gasteiger partial charge in [0.25, 0.3) is 0 Å². The second-order valence-electron chi connectivity index (χ2n) is 4.90. The monoisotopic (exact) mass is 285 g/mol. The average molecular weight is 285 g/mol. The zero-order chi connectivity index (χ0) is 15.2. The van der Waals surface area contributed by atoms with Gasteiger partial charge in [0.1, 0.15) is 0 Å². The molecule has 0 bridgehead atoms. The zero-order valence-corrected chi connectivity index (χ0v) is 12.0. The van der Waals surface area contributed by atoms with Crippen LogP contribution in [0.2, 0.25) is 0 Å². The van der Waals surface area contributed by atoms with E-state index in [-0.39, 0.29) is 0 Å². The van der Waals surface area contributed by atoms with Crippen molar-refractivity contribution in [2.45, 2.75) is 19.8 Å². The molecule has 0 fully saturated rings. The fourth-order valence-electron chi connectivity index (χ4n) is 2.00. The molecule has 0 unspecified atom stereocenters. The van der Waals surface area contributed by atoms with Gasteiger partial charge in [-0.15, -0.1) is 0 Å². The summed E-state index contributed by atoms with van der Waals surface area (Å²) in [5.74, 6) is -0.923. The molecule has 0 saturated heterocycles. The van der Waals surface area contributed by atoms with Gasteiger partial charge in [0, 0.05) is 23.9 Å². The molecule has 0 amide bonds. The maximum absolute atomic E-state index is 11.2. The minimum absolute atomic E-state index is 0.300. The number of carbonyl (C=O) groups is 1. The predicted octanol–water partition coefficient (Wildman–Crippen LogP) is 2.08. The highest BCUT2D eigenvalue weighted by atomic mass is 16.4. The first-order chi connectivity index (χ1) is 10.1. The van der Waals surface area contributed by atoms with E-state index in [0.717, 1.165) is 11.4 Å². The third-order valence-corrected chi connectivity index (χ3v) is 3.17. The molecule has 0 saturated carbocycles. The van der Waals surface area contributed by atoms with Gasteiger partial charge in [0.05, 0.1) is 12.0 Å². The first-order valence-electron chi connectivity index (χ1n) is 6.82. The normalized spacial score (nSPS) is 11.6. The maximum atomic E-state index is 11.2. The van der Waals surface area contributed by atoms with Crippen LogP contribution in [0.5, 0.6) is 0 Å². The number of aliphatic carboxylic acids is 1. The van der Waals surface area contributed by atoms with Crippen LogP contribution in [0.25, 0.3) is 5.69 Å². The summed E-state index contributed by atoms with van der Waals surface area (Å²) in [6.45, 7) is 2.47. The van der Waals surface area contributed by atoms with E-state index in [2.05, 4.69) is 4.98 Å². The molecular formula is C16H19N3O2. The Balaban J connectivity index is 2.15. The minimum atomic E-state index is -0.923. The van der Waals surface area contributed by atoms with Crippen molar-refractivity contribution in [2.24, 2.45) is 5.73 Å². The lowest BCUT2D eigenvalue weighted by Crippen LogP contribution is -2.06. The Kier molecular flexibility index (Phi) is 4.90. The lowest BCUT2D eigenvalue weighted by Gasteiger charge is -2.02. The molecule has 3 N–H and O–H groups in total. The molecule has 1 aromatic carbocycles. The summed E-state index contributed by atoms with van der Waals surface area (Å²) in [7, 11) is 0. The average Bonchev–Trinajstić information content (AvgIpc) is 2.92. The third kappa shape index (κ3) is 4.03. The van der Waals surface area contributed by atoms with E-state index in [9.17, 15) is 9.90 Å². The van der Waals surface area contributed by atoms with E-state index in [1.807, 2.05) is 42.0 Å². The van der Waals surface area contributed by atoms with Crippen LogP contribution >= 0.6 is 0 Å². The first kappa shape index (κ1) is 15.0. The van der Waals surface area contributed by atoms with Gasteiger partial charge < -0.3 is 15.4 Å². The highest BCUT2D eigenvalue weighted by molar-refractivity contribution is 5.86. The van der Waals surface area contributed by atoms with Crippen LogP contribution < -0.4 is 5.73 Å². The lowest BCUT2D eigenvalue weighted by atomic mass is 10.1. The number of rotatable bonds is 6. The summed E-state index contributed by atoms with van der Waals surface area (Å²) >= 11 is 0. The summed E-state index contributed by atoms with van der Waals surface area (Å²) in [6, 6.07) is 8.06. The molecule has 0 aliphatic heterocycles. The van der Waals surface area contributed by atoms with Crippen molar-refractivity contribution in [3.8, 4) is 5.69 Å². The number of aromatic nitrogens is 2. The molecular weight excluding hydrogens is 266 g/mol. The van der Waals surface area contributed by atoms with Gasteiger partial charge in [-0.05, 0) is 32.0 Å². The summed E-state index contributed by atoms with van der Waals surface area (Å²) in [5.41, 5.74) is 8.65. The molecule has 21 heavy (non-hydrogen) atoms. The van der Waals surface area contributed by atoms with Gasteiger partial charge >= 0.3 is 5.97 Å². The van der Waals surface area contributed by atoms with Crippen LogP contribution in [0, 0.1) is 6.92 Å². The predicted molar refractivity (Wildman–Crippen MR) is 81.4 cm³/mol. The van der Waals surface area contributed by atoms with Crippen LogP contribution in [0.15, 0.2) is 48.4 Å². The van der Waals surface area contributed by atoms with Crippen molar-refractivity contribution >= 4 is 5.97 Å². The summed E-state index contributed by atoms with van der Waals surface area (Å²) in [4.78, 5) is 15.5. The highest BCUT2D eigenvalue weighted by Crippen LogP contribution is 2.13. The molecule has 110 valence electrons. The Morgan fingerprint density at radius 3 is 2.71 bits per heavy atom. The van der Waals surface area contributed by atoms with Gasteiger partial charge in [0.15, 0.2) is 0 Å². The van der Waals surface area contributed by atoms with E-state index in [1.165, 1.54) is 5.56 Å². The van der Waals surface area contributed by atoms with Crippen LogP contribution in [0.1, 0.15) is 17.7 Å². The molecule has 1 heterocycles. The van der Waals surface area contributed by atoms with Gasteiger partial charge in [0.2, 0.25) is 0 Å². The van der Waals surface area contributed by atoms with Crippen LogP contribution in [-0.2, 0) is 11.2 Å². The minimum Gasteiger partial charge on any atom is -0.478 e. The Hall–Kier alpha value is -2.40. The molecule has 5 nitrogen and oxygen atoms in total. The SMILES string of the molecule is Cc1ccc(-n2cnc(C/C(=C/CCN)C(=O)O)c2)cc1. The number of nitrogens with zero attached hydrogens (tertiary/aromatic N) is 2. The van der Waals surface area contributed by atoms with Crippen molar-refractivity contribution in [1.29, 1.82) is 0 Å². The van der Waals surface area contributed by atoms with E-state index in [0.29, 0.717) is 25.0 Å². The highest BCUT2D eigenvalue weighted by Gasteiger charge is 2.10. The lowest BCUT2D eigenvalue weighted by molar-refractivity contribution is -0.132. The molecule has 0 spiro atoms. The first-order valence-corrected chi connectivity index (χ1v) is 6.82. The summed E-state index contributed by atoms with van der Waals surface area (Å²) < 4.78 is 1.89. The molecule has 0 aliphatic rings. The van der Waals surface area contributed by atoms with E-state index in [4.69, 9.17) is 5.73 Å². The third-order valence-electron chi connectivity index (χ3n) is 3.17. The number of hydrogen-bond acceptors (Lipinski definition) is 3. The quantitative estimate of drug-likeness (QED) is 0.796. The van der Waals surface area contributed by atoms with E-state index >= 15 is 0 Å². The Bertz CT molecular complexity index is 642. The molecule has 0 radical (unpaired) electrons. The summed E-state index contributed by atoms with van der Waals surface area (Å²) in [5, 5.41) is 9.17. The van der Waals surface area contributed by atoms with Crippen molar-refractivity contribution < 1.29 is 9.90 Å². The number of benzene rings is 1. The fourth-order valence-corrected chi connectivity index (χ4v) is 2.00. The maximum Gasteiger partial charge on any atom is 0.331 e. The smallest absolute Gasteiger partial charge is 0.331 e. The van der Waals surface area contributed by atoms with E-state index < -0.39 is 5.97 Å². The van der Waals surface area contributed by atoms with Gasteiger partial charge in [-0.3, -0.25) is 0 Å². The van der Waals surface area contributed by atoms with Crippen LogP contribution in [-0.4, -0.2) is 27.2 Å². The Morgan fingerprint density at radius 1 is 1.38 bits per heavy atom. The molecule has 0 aliphatic carbocycles. The molecule has 5 heteroatoms. The largest absolute Gasteiger partial charge is 0.478 e. The fraction of sp³-hybridized carbons (Fsp3) is 0.250. The van der Waals surface area contributed by atoms with Crippen molar-refractivity contribution in [3.63, 3.8) is 0 Å². The number of imidazole rings is 1. The molecule has 1 aromatic heterocycles. The Labute approximate surface area is 123 Å². The van der Waals surface area contributed by atoms with E-state index in [1.54, 1.807) is 12.4 Å². The number of nitrogens with two attached hydrogens (primary N) is 1.